The van der Waals surface area contributed by atoms with E-state index in [-0.39, 0.29) is 29.6 Å². The third-order valence-corrected chi connectivity index (χ3v) is 7.73. The third kappa shape index (κ3) is 4.86. The second kappa shape index (κ2) is 9.14. The van der Waals surface area contributed by atoms with Gasteiger partial charge in [0.25, 0.3) is 0 Å². The molecule has 2 atom stereocenters. The van der Waals surface area contributed by atoms with Gasteiger partial charge >= 0.3 is 0 Å². The van der Waals surface area contributed by atoms with Gasteiger partial charge in [0, 0.05) is 36.7 Å². The van der Waals surface area contributed by atoms with Crippen LogP contribution in [0.5, 0.6) is 5.75 Å². The molecule has 0 radical (unpaired) electrons. The van der Waals surface area contributed by atoms with Crippen LogP contribution in [-0.2, 0) is 16.4 Å². The maximum Gasteiger partial charge on any atom is 0.211 e. The second-order valence-corrected chi connectivity index (χ2v) is 10.3. The molecule has 0 amide bonds. The average Bonchev–Trinajstić information content (AvgIpc) is 2.71. The summed E-state index contributed by atoms with van der Waals surface area (Å²) in [6.07, 6.45) is 1.40. The van der Waals surface area contributed by atoms with Gasteiger partial charge < -0.3 is 15.0 Å². The highest BCUT2D eigenvalue weighted by atomic mass is 32.2. The predicted molar refractivity (Wildman–Crippen MR) is 121 cm³/mol. The minimum atomic E-state index is -3.27. The number of ether oxygens (including phenoxy) is 1. The summed E-state index contributed by atoms with van der Waals surface area (Å²) in [4.78, 5) is 1.89. The molecule has 2 N–H and O–H groups in total. The number of hydrogen-bond donors (Lipinski definition) is 2. The number of anilines is 1. The van der Waals surface area contributed by atoms with E-state index in [0.717, 1.165) is 12.0 Å². The van der Waals surface area contributed by atoms with Gasteiger partial charge in [-0.2, -0.15) is 0 Å². The molecule has 4 rings (SSSR count). The monoisotopic (exact) mass is 447 g/mol. The zero-order valence-corrected chi connectivity index (χ0v) is 18.8. The molecule has 2 aliphatic rings. The van der Waals surface area contributed by atoms with E-state index in [1.807, 2.05) is 43.1 Å². The highest BCUT2D eigenvalue weighted by Gasteiger charge is 2.35. The Labute approximate surface area is 183 Å². The van der Waals surface area contributed by atoms with E-state index < -0.39 is 10.0 Å². The fraction of sp³-hybridized carbons (Fsp3) is 0.478. The smallest absolute Gasteiger partial charge is 0.211 e. The van der Waals surface area contributed by atoms with Crippen molar-refractivity contribution in [1.82, 2.24) is 10.0 Å². The quantitative estimate of drug-likeness (QED) is 0.651. The van der Waals surface area contributed by atoms with Crippen molar-refractivity contribution in [2.24, 2.45) is 0 Å². The minimum Gasteiger partial charge on any atom is -0.492 e. The van der Waals surface area contributed by atoms with E-state index in [1.54, 1.807) is 0 Å². The Bertz CT molecular complexity index is 1010. The zero-order chi connectivity index (χ0) is 22.0. The van der Waals surface area contributed by atoms with Crippen molar-refractivity contribution in [3.63, 3.8) is 0 Å². The second-order valence-electron chi connectivity index (χ2n) is 8.38. The van der Waals surface area contributed by atoms with Gasteiger partial charge in [-0.1, -0.05) is 37.3 Å². The van der Waals surface area contributed by atoms with Crippen molar-refractivity contribution in [2.45, 2.75) is 37.8 Å². The molecule has 2 aromatic carbocycles. The van der Waals surface area contributed by atoms with Gasteiger partial charge in [0.15, 0.2) is 0 Å². The SMILES string of the molecule is CCCS(=O)(=O)NC1CN(c2cc3c(cc2F)OC[C@@H](NC)[C@H]3Cc2ccccc2)C1. The molecule has 0 spiro atoms. The molecule has 31 heavy (non-hydrogen) atoms. The molecule has 2 aliphatic heterocycles. The maximum atomic E-state index is 14.9. The molecule has 0 aliphatic carbocycles. The van der Waals surface area contributed by atoms with E-state index in [1.165, 1.54) is 11.6 Å². The summed E-state index contributed by atoms with van der Waals surface area (Å²) in [5.74, 6) is 0.515. The highest BCUT2D eigenvalue weighted by Crippen LogP contribution is 2.40. The molecule has 168 valence electrons. The minimum absolute atomic E-state index is 0.112. The lowest BCUT2D eigenvalue weighted by atomic mass is 9.83. The van der Waals surface area contributed by atoms with Gasteiger partial charge in [0.1, 0.15) is 18.2 Å². The van der Waals surface area contributed by atoms with Gasteiger partial charge in [0.05, 0.1) is 17.5 Å². The van der Waals surface area contributed by atoms with Crippen LogP contribution in [0.1, 0.15) is 30.4 Å². The van der Waals surface area contributed by atoms with Crippen LogP contribution in [0.4, 0.5) is 10.1 Å². The molecule has 1 saturated heterocycles. The van der Waals surface area contributed by atoms with E-state index in [9.17, 15) is 12.8 Å². The molecule has 2 heterocycles. The van der Waals surface area contributed by atoms with Crippen molar-refractivity contribution >= 4 is 15.7 Å². The van der Waals surface area contributed by atoms with Crippen LogP contribution in [-0.4, -0.2) is 53.0 Å². The first-order valence-electron chi connectivity index (χ1n) is 10.8. The first kappa shape index (κ1) is 22.0. The van der Waals surface area contributed by atoms with Crippen molar-refractivity contribution in [2.75, 3.05) is 37.4 Å². The largest absolute Gasteiger partial charge is 0.492 e. The summed E-state index contributed by atoms with van der Waals surface area (Å²) in [6, 6.07) is 13.6. The highest BCUT2D eigenvalue weighted by molar-refractivity contribution is 7.89. The van der Waals surface area contributed by atoms with Crippen LogP contribution in [0.3, 0.4) is 0 Å². The Balaban J connectivity index is 1.55. The first-order valence-corrected chi connectivity index (χ1v) is 12.5. The summed E-state index contributed by atoms with van der Waals surface area (Å²) < 4.78 is 47.4. The standard InChI is InChI=1S/C23H30FN3O3S/c1-3-9-31(28,29)26-17-13-27(14-17)22-11-19-18(10-16-7-5-4-6-8-16)21(25-2)15-30-23(19)12-20(22)24/h4-8,11-12,17-18,21,25-26H,3,9-10,13-15H2,1-2H3/t18-,21+/m0/s1. The molecular weight excluding hydrogens is 417 g/mol. The molecule has 0 bridgehead atoms. The van der Waals surface area contributed by atoms with Crippen LogP contribution in [0.25, 0.3) is 0 Å². The average molecular weight is 448 g/mol. The Morgan fingerprint density at radius 3 is 2.61 bits per heavy atom. The number of benzene rings is 2. The van der Waals surface area contributed by atoms with Crippen LogP contribution in [0, 0.1) is 5.82 Å². The first-order chi connectivity index (χ1) is 14.9. The summed E-state index contributed by atoms with van der Waals surface area (Å²) in [5.41, 5.74) is 2.71. The molecule has 8 heteroatoms. The van der Waals surface area contributed by atoms with Crippen LogP contribution in [0.15, 0.2) is 42.5 Å². The van der Waals surface area contributed by atoms with Crippen molar-refractivity contribution in [3.8, 4) is 5.75 Å². The zero-order valence-electron chi connectivity index (χ0n) is 18.0. The van der Waals surface area contributed by atoms with E-state index in [4.69, 9.17) is 4.74 Å². The van der Waals surface area contributed by atoms with Gasteiger partial charge in [-0.05, 0) is 31.5 Å². The lowest BCUT2D eigenvalue weighted by Crippen LogP contribution is -2.60. The summed E-state index contributed by atoms with van der Waals surface area (Å²) in [7, 11) is -1.35. The molecule has 0 saturated carbocycles. The molecule has 1 fully saturated rings. The van der Waals surface area contributed by atoms with Gasteiger partial charge in [-0.3, -0.25) is 0 Å². The molecular formula is C23H30FN3O3S. The van der Waals surface area contributed by atoms with E-state index >= 15 is 0 Å². The van der Waals surface area contributed by atoms with Crippen LogP contribution >= 0.6 is 0 Å². The van der Waals surface area contributed by atoms with Crippen LogP contribution in [0.2, 0.25) is 0 Å². The van der Waals surface area contributed by atoms with Gasteiger partial charge in [-0.25, -0.2) is 17.5 Å². The maximum absolute atomic E-state index is 14.9. The molecule has 6 nitrogen and oxygen atoms in total. The number of sulfonamides is 1. The fourth-order valence-corrected chi connectivity index (χ4v) is 5.78. The summed E-state index contributed by atoms with van der Waals surface area (Å²) >= 11 is 0. The Kier molecular flexibility index (Phi) is 6.50. The number of fused-ring (bicyclic) bond motifs is 1. The van der Waals surface area contributed by atoms with Crippen molar-refractivity contribution in [3.05, 3.63) is 59.4 Å². The number of hydrogen-bond acceptors (Lipinski definition) is 5. The number of rotatable bonds is 8. The van der Waals surface area contributed by atoms with Crippen molar-refractivity contribution < 1.29 is 17.5 Å². The topological polar surface area (TPSA) is 70.7 Å². The van der Waals surface area contributed by atoms with Crippen molar-refractivity contribution in [1.29, 1.82) is 0 Å². The van der Waals surface area contributed by atoms with Gasteiger partial charge in [0.2, 0.25) is 10.0 Å². The Morgan fingerprint density at radius 1 is 1.19 bits per heavy atom. The number of nitrogens with zero attached hydrogens (tertiary/aromatic N) is 1. The molecule has 2 aromatic rings. The lowest BCUT2D eigenvalue weighted by molar-refractivity contribution is 0.218. The number of halogens is 1. The summed E-state index contributed by atoms with van der Waals surface area (Å²) in [6.45, 7) is 3.24. The normalized spacial score (nSPS) is 21.3. The number of nitrogens with one attached hydrogen (secondary N) is 2. The Morgan fingerprint density at radius 2 is 1.94 bits per heavy atom. The Hall–Kier alpha value is -2.16. The number of likely N-dealkylation sites (N-methyl/N-ethyl adjacent to an activating group) is 1. The summed E-state index contributed by atoms with van der Waals surface area (Å²) in [5, 5.41) is 3.34. The third-order valence-electron chi connectivity index (χ3n) is 6.09. The lowest BCUT2D eigenvalue weighted by Gasteiger charge is -2.42. The van der Waals surface area contributed by atoms with Gasteiger partial charge in [-0.15, -0.1) is 0 Å². The molecule has 0 unspecified atom stereocenters. The fourth-order valence-electron chi connectivity index (χ4n) is 4.47. The van der Waals surface area contributed by atoms with Crippen LogP contribution < -0.4 is 19.7 Å². The van der Waals surface area contributed by atoms with E-state index in [0.29, 0.717) is 37.6 Å². The molecule has 0 aromatic heterocycles. The van der Waals surface area contributed by atoms with E-state index in [2.05, 4.69) is 22.2 Å². The predicted octanol–water partition coefficient (Wildman–Crippen LogP) is 2.65.